The zero-order valence-corrected chi connectivity index (χ0v) is 25.0. The molecule has 0 saturated carbocycles. The minimum absolute atomic E-state index is 0.0401. The molecule has 3 atom stereocenters. The first-order valence-electron chi connectivity index (χ1n) is 13.9. The maximum atomic E-state index is 13.5. The molecule has 0 aromatic heterocycles. The number of ether oxygens (including phenoxy) is 4. The van der Waals surface area contributed by atoms with E-state index in [1.807, 2.05) is 13.8 Å². The number of carbonyl (C=O) groups excluding carboxylic acids is 2. The minimum atomic E-state index is -3.98. The van der Waals surface area contributed by atoms with Crippen LogP contribution >= 0.6 is 0 Å². The van der Waals surface area contributed by atoms with Gasteiger partial charge >= 0.3 is 12.1 Å². The molecule has 1 aliphatic heterocycles. The Hall–Kier alpha value is -3.39. The summed E-state index contributed by atoms with van der Waals surface area (Å²) >= 11 is 0. The summed E-state index contributed by atoms with van der Waals surface area (Å²) in [5, 5.41) is 14.1. The van der Waals surface area contributed by atoms with Crippen molar-refractivity contribution in [3.05, 3.63) is 54.1 Å². The number of hydrogen-bond acceptors (Lipinski definition) is 10. The zero-order chi connectivity index (χ0) is 30.7. The Morgan fingerprint density at radius 1 is 1.12 bits per heavy atom. The number of rotatable bonds is 15. The standard InChI is InChI=1S/C29H41N3O9S/c1-4-39-28(34)19-40-23-9-5-21(6-10-23)15-26(31-29(35)41-24-13-14-38-18-24)27(33)17-32(16-20(2)3)42(36,37)25-11-7-22(30)8-12-25/h5-12,20,24,26-27,33H,4,13-19,30H2,1-3H3,(H,31,35)/t24-,26-,27+/m0/s1. The van der Waals surface area contributed by atoms with Gasteiger partial charge in [-0.2, -0.15) is 4.31 Å². The number of carbonyl (C=O) groups is 2. The molecule has 12 nitrogen and oxygen atoms in total. The van der Waals surface area contributed by atoms with Crippen LogP contribution in [0.15, 0.2) is 53.4 Å². The molecular weight excluding hydrogens is 566 g/mol. The number of amides is 1. The molecule has 0 radical (unpaired) electrons. The second kappa shape index (κ2) is 15.7. The SMILES string of the molecule is CCOC(=O)COc1ccc(C[C@H](NC(=O)O[C@H]2CCOC2)[C@H](O)CN(CC(C)C)S(=O)(=O)c2ccc(N)cc2)cc1. The first-order valence-corrected chi connectivity index (χ1v) is 15.4. The number of aliphatic hydroxyl groups excluding tert-OH is 1. The summed E-state index contributed by atoms with van der Waals surface area (Å²) in [5.41, 5.74) is 6.89. The topological polar surface area (TPSA) is 167 Å². The molecule has 0 bridgehead atoms. The highest BCUT2D eigenvalue weighted by Gasteiger charge is 2.32. The summed E-state index contributed by atoms with van der Waals surface area (Å²) in [4.78, 5) is 24.4. The molecule has 232 valence electrons. The molecule has 42 heavy (non-hydrogen) atoms. The van der Waals surface area contributed by atoms with E-state index in [0.29, 0.717) is 24.5 Å². The lowest BCUT2D eigenvalue weighted by molar-refractivity contribution is -0.145. The quantitative estimate of drug-likeness (QED) is 0.202. The third-order valence-corrected chi connectivity index (χ3v) is 8.29. The molecular formula is C29H41N3O9S. The summed E-state index contributed by atoms with van der Waals surface area (Å²) < 4.78 is 49.3. The molecule has 0 spiro atoms. The van der Waals surface area contributed by atoms with Gasteiger partial charge in [0.15, 0.2) is 6.61 Å². The van der Waals surface area contributed by atoms with E-state index in [1.165, 1.54) is 28.6 Å². The maximum absolute atomic E-state index is 13.5. The van der Waals surface area contributed by atoms with Gasteiger partial charge in [-0.1, -0.05) is 26.0 Å². The van der Waals surface area contributed by atoms with Gasteiger partial charge in [-0.15, -0.1) is 0 Å². The number of nitrogens with two attached hydrogens (primary N) is 1. The fraction of sp³-hybridized carbons (Fsp3) is 0.517. The lowest BCUT2D eigenvalue weighted by atomic mass is 10.0. The van der Waals surface area contributed by atoms with Gasteiger partial charge in [0.2, 0.25) is 10.0 Å². The van der Waals surface area contributed by atoms with Crippen LogP contribution in [0, 0.1) is 5.92 Å². The Kier molecular flexibility index (Phi) is 12.4. The van der Waals surface area contributed by atoms with Gasteiger partial charge in [-0.3, -0.25) is 0 Å². The molecule has 13 heteroatoms. The van der Waals surface area contributed by atoms with Gasteiger partial charge < -0.3 is 35.1 Å². The van der Waals surface area contributed by atoms with Crippen molar-refractivity contribution in [2.24, 2.45) is 5.92 Å². The number of nitrogens with zero attached hydrogens (tertiary/aromatic N) is 1. The third kappa shape index (κ3) is 10.2. The molecule has 1 heterocycles. The zero-order valence-electron chi connectivity index (χ0n) is 24.2. The van der Waals surface area contributed by atoms with Crippen molar-refractivity contribution in [3.8, 4) is 5.75 Å². The second-order valence-electron chi connectivity index (χ2n) is 10.4. The fourth-order valence-corrected chi connectivity index (χ4v) is 5.97. The average Bonchev–Trinajstić information content (AvgIpc) is 3.45. The molecule has 1 amide bonds. The van der Waals surface area contributed by atoms with Crippen molar-refractivity contribution < 1.29 is 42.1 Å². The number of nitrogen functional groups attached to an aromatic ring is 1. The first-order chi connectivity index (χ1) is 20.0. The Balaban J connectivity index is 1.78. The van der Waals surface area contributed by atoms with Crippen molar-refractivity contribution in [1.82, 2.24) is 9.62 Å². The smallest absolute Gasteiger partial charge is 0.407 e. The predicted molar refractivity (Wildman–Crippen MR) is 155 cm³/mol. The van der Waals surface area contributed by atoms with Gasteiger partial charge in [-0.05, 0) is 61.2 Å². The van der Waals surface area contributed by atoms with Crippen molar-refractivity contribution >= 4 is 27.8 Å². The van der Waals surface area contributed by atoms with E-state index >= 15 is 0 Å². The van der Waals surface area contributed by atoms with Crippen molar-refractivity contribution in [1.29, 1.82) is 0 Å². The predicted octanol–water partition coefficient (Wildman–Crippen LogP) is 2.34. The Bertz CT molecular complexity index is 1250. The summed E-state index contributed by atoms with van der Waals surface area (Å²) in [5.74, 6) is -0.0862. The van der Waals surface area contributed by atoms with Crippen LogP contribution in [0.5, 0.6) is 5.75 Å². The molecule has 1 aliphatic rings. The van der Waals surface area contributed by atoms with Crippen LogP contribution in [0.1, 0.15) is 32.8 Å². The van der Waals surface area contributed by atoms with Gasteiger partial charge in [0.25, 0.3) is 0 Å². The number of sulfonamides is 1. The summed E-state index contributed by atoms with van der Waals surface area (Å²) in [6.07, 6.45) is -1.70. The van der Waals surface area contributed by atoms with E-state index in [1.54, 1.807) is 31.2 Å². The summed E-state index contributed by atoms with van der Waals surface area (Å²) in [6.45, 7) is 6.12. The van der Waals surface area contributed by atoms with Gasteiger partial charge in [-0.25, -0.2) is 18.0 Å². The average molecular weight is 608 g/mol. The van der Waals surface area contributed by atoms with Gasteiger partial charge in [0.05, 0.1) is 36.9 Å². The number of aliphatic hydroxyl groups is 1. The van der Waals surface area contributed by atoms with E-state index in [2.05, 4.69) is 5.32 Å². The molecule has 4 N–H and O–H groups in total. The number of hydrogen-bond donors (Lipinski definition) is 3. The maximum Gasteiger partial charge on any atom is 0.407 e. The molecule has 1 saturated heterocycles. The van der Waals surface area contributed by atoms with Crippen LogP contribution in [0.2, 0.25) is 0 Å². The number of benzene rings is 2. The number of anilines is 1. The van der Waals surface area contributed by atoms with Crippen LogP contribution in [-0.2, 0) is 35.4 Å². The highest BCUT2D eigenvalue weighted by atomic mass is 32.2. The monoisotopic (exact) mass is 607 g/mol. The largest absolute Gasteiger partial charge is 0.482 e. The number of alkyl carbamates (subject to hydrolysis) is 1. The Morgan fingerprint density at radius 3 is 2.40 bits per heavy atom. The van der Waals surface area contributed by atoms with Gasteiger partial charge in [0, 0.05) is 25.2 Å². The lowest BCUT2D eigenvalue weighted by Gasteiger charge is -2.30. The number of esters is 1. The van der Waals surface area contributed by atoms with Crippen molar-refractivity contribution in [2.75, 3.05) is 45.3 Å². The van der Waals surface area contributed by atoms with E-state index in [-0.39, 0.29) is 50.1 Å². The molecule has 0 unspecified atom stereocenters. The van der Waals surface area contributed by atoms with Crippen LogP contribution in [0.25, 0.3) is 0 Å². The molecule has 2 aromatic carbocycles. The number of nitrogens with one attached hydrogen (secondary N) is 1. The summed E-state index contributed by atoms with van der Waals surface area (Å²) in [6, 6.07) is 11.7. The molecule has 2 aromatic rings. The van der Waals surface area contributed by atoms with E-state index < -0.39 is 40.3 Å². The van der Waals surface area contributed by atoms with E-state index in [9.17, 15) is 23.1 Å². The van der Waals surface area contributed by atoms with Crippen LogP contribution in [-0.4, -0.2) is 87.7 Å². The molecule has 1 fully saturated rings. The van der Waals surface area contributed by atoms with Crippen molar-refractivity contribution in [2.45, 2.75) is 56.8 Å². The molecule has 0 aliphatic carbocycles. The van der Waals surface area contributed by atoms with Crippen LogP contribution < -0.4 is 15.8 Å². The summed E-state index contributed by atoms with van der Waals surface area (Å²) in [7, 11) is -3.98. The Morgan fingerprint density at radius 2 is 1.81 bits per heavy atom. The van der Waals surface area contributed by atoms with Gasteiger partial charge in [0.1, 0.15) is 11.9 Å². The second-order valence-corrected chi connectivity index (χ2v) is 12.4. The highest BCUT2D eigenvalue weighted by Crippen LogP contribution is 2.21. The fourth-order valence-electron chi connectivity index (χ4n) is 4.35. The highest BCUT2D eigenvalue weighted by molar-refractivity contribution is 7.89. The van der Waals surface area contributed by atoms with Crippen LogP contribution in [0.4, 0.5) is 10.5 Å². The van der Waals surface area contributed by atoms with E-state index in [0.717, 1.165) is 5.56 Å². The minimum Gasteiger partial charge on any atom is -0.482 e. The van der Waals surface area contributed by atoms with E-state index in [4.69, 9.17) is 24.7 Å². The Labute approximate surface area is 247 Å². The normalized spacial score (nSPS) is 16.7. The molecule has 3 rings (SSSR count). The van der Waals surface area contributed by atoms with Crippen molar-refractivity contribution in [3.63, 3.8) is 0 Å². The first kappa shape index (κ1) is 33.1. The third-order valence-electron chi connectivity index (χ3n) is 6.45. The lowest BCUT2D eigenvalue weighted by Crippen LogP contribution is -2.51. The van der Waals surface area contributed by atoms with Crippen LogP contribution in [0.3, 0.4) is 0 Å².